The van der Waals surface area contributed by atoms with Crippen LogP contribution in [0.15, 0.2) is 48.5 Å². The summed E-state index contributed by atoms with van der Waals surface area (Å²) in [5.41, 5.74) is 7.26. The van der Waals surface area contributed by atoms with Crippen LogP contribution in [0.2, 0.25) is 0 Å². The Morgan fingerprint density at radius 2 is 1.90 bits per heavy atom. The number of nitrogens with two attached hydrogens (primary N) is 1. The Kier molecular flexibility index (Phi) is 4.68. The van der Waals surface area contributed by atoms with Gasteiger partial charge in [0.15, 0.2) is 0 Å². The Morgan fingerprint density at radius 1 is 1.15 bits per heavy atom. The van der Waals surface area contributed by atoms with Crippen molar-refractivity contribution < 1.29 is 9.18 Å². The third-order valence-electron chi connectivity index (χ3n) is 2.82. The van der Waals surface area contributed by atoms with E-state index in [9.17, 15) is 9.18 Å². The molecule has 4 N–H and O–H groups in total. The van der Waals surface area contributed by atoms with Gasteiger partial charge in [0.2, 0.25) is 0 Å². The van der Waals surface area contributed by atoms with Gasteiger partial charge in [-0.2, -0.15) is 0 Å². The van der Waals surface area contributed by atoms with Crippen molar-refractivity contribution >= 4 is 11.7 Å². The molecule has 0 fully saturated rings. The van der Waals surface area contributed by atoms with Crippen LogP contribution in [0.4, 0.5) is 14.9 Å². The highest BCUT2D eigenvalue weighted by Gasteiger charge is 2.05. The second-order valence-corrected chi connectivity index (χ2v) is 4.30. The minimum Gasteiger partial charge on any atom is -0.334 e. The third kappa shape index (κ3) is 3.80. The Labute approximate surface area is 116 Å². The molecule has 0 aliphatic rings. The lowest BCUT2D eigenvalue weighted by Gasteiger charge is -2.09. The molecule has 104 valence electrons. The number of rotatable bonds is 4. The largest absolute Gasteiger partial charge is 0.334 e. The number of benzene rings is 2. The molecule has 2 amide bonds. The SMILES string of the molecule is NCc1ccc(CNC(=O)Nc2ccccc2)c(F)c1. The molecule has 0 unspecified atom stereocenters. The molecule has 0 bridgehead atoms. The summed E-state index contributed by atoms with van der Waals surface area (Å²) in [7, 11) is 0. The molecule has 0 spiro atoms. The molecule has 4 nitrogen and oxygen atoms in total. The average molecular weight is 273 g/mol. The highest BCUT2D eigenvalue weighted by Crippen LogP contribution is 2.10. The average Bonchev–Trinajstić information content (AvgIpc) is 2.47. The maximum Gasteiger partial charge on any atom is 0.319 e. The lowest BCUT2D eigenvalue weighted by molar-refractivity contribution is 0.251. The predicted molar refractivity (Wildman–Crippen MR) is 76.6 cm³/mol. The number of urea groups is 1. The maximum atomic E-state index is 13.7. The molecule has 0 atom stereocenters. The molecular weight excluding hydrogens is 257 g/mol. The van der Waals surface area contributed by atoms with Crippen molar-refractivity contribution in [1.29, 1.82) is 0 Å². The summed E-state index contributed by atoms with van der Waals surface area (Å²) >= 11 is 0. The van der Waals surface area contributed by atoms with Crippen molar-refractivity contribution in [2.45, 2.75) is 13.1 Å². The molecule has 2 rings (SSSR count). The number of hydrogen-bond donors (Lipinski definition) is 3. The normalized spacial score (nSPS) is 10.1. The monoisotopic (exact) mass is 273 g/mol. The fourth-order valence-electron chi connectivity index (χ4n) is 1.73. The predicted octanol–water partition coefficient (Wildman–Crippen LogP) is 2.61. The fraction of sp³-hybridized carbons (Fsp3) is 0.133. The first-order valence-electron chi connectivity index (χ1n) is 6.26. The second kappa shape index (κ2) is 6.68. The standard InChI is InChI=1S/C15H16FN3O/c16-14-8-11(9-17)6-7-12(14)10-18-15(20)19-13-4-2-1-3-5-13/h1-8H,9-10,17H2,(H2,18,19,20). The van der Waals surface area contributed by atoms with Crippen LogP contribution < -0.4 is 16.4 Å². The van der Waals surface area contributed by atoms with Crippen LogP contribution in [0.5, 0.6) is 0 Å². The number of amides is 2. The first kappa shape index (κ1) is 14.0. The Hall–Kier alpha value is -2.40. The Morgan fingerprint density at radius 3 is 2.55 bits per heavy atom. The molecule has 0 heterocycles. The molecule has 0 saturated carbocycles. The van der Waals surface area contributed by atoms with Crippen molar-refractivity contribution in [2.75, 3.05) is 5.32 Å². The van der Waals surface area contributed by atoms with Gasteiger partial charge in [0.1, 0.15) is 5.82 Å². The zero-order valence-corrected chi connectivity index (χ0v) is 10.9. The van der Waals surface area contributed by atoms with Gasteiger partial charge in [-0.05, 0) is 23.8 Å². The number of carbonyl (C=O) groups is 1. The zero-order valence-electron chi connectivity index (χ0n) is 10.9. The van der Waals surface area contributed by atoms with E-state index in [1.54, 1.807) is 24.3 Å². The molecule has 0 aromatic heterocycles. The van der Waals surface area contributed by atoms with E-state index >= 15 is 0 Å². The first-order chi connectivity index (χ1) is 9.69. The smallest absolute Gasteiger partial charge is 0.319 e. The summed E-state index contributed by atoms with van der Waals surface area (Å²) in [5, 5.41) is 5.27. The number of anilines is 1. The van der Waals surface area contributed by atoms with Crippen LogP contribution in [0.3, 0.4) is 0 Å². The van der Waals surface area contributed by atoms with Gasteiger partial charge in [0, 0.05) is 24.3 Å². The van der Waals surface area contributed by atoms with Crippen LogP contribution in [0.25, 0.3) is 0 Å². The summed E-state index contributed by atoms with van der Waals surface area (Å²) in [6.45, 7) is 0.411. The summed E-state index contributed by atoms with van der Waals surface area (Å²) in [6, 6.07) is 13.4. The molecule has 2 aromatic carbocycles. The van der Waals surface area contributed by atoms with Gasteiger partial charge in [-0.25, -0.2) is 9.18 Å². The van der Waals surface area contributed by atoms with Crippen LogP contribution in [-0.2, 0) is 13.1 Å². The number of carbonyl (C=O) groups excluding carboxylic acids is 1. The number of nitrogens with one attached hydrogen (secondary N) is 2. The molecule has 0 aliphatic carbocycles. The molecule has 0 saturated heterocycles. The van der Waals surface area contributed by atoms with E-state index in [2.05, 4.69) is 10.6 Å². The van der Waals surface area contributed by atoms with Gasteiger partial charge in [-0.1, -0.05) is 30.3 Å². The van der Waals surface area contributed by atoms with Crippen LogP contribution in [0, 0.1) is 5.82 Å². The third-order valence-corrected chi connectivity index (χ3v) is 2.82. The summed E-state index contributed by atoms with van der Waals surface area (Å²) in [5.74, 6) is -0.368. The van der Waals surface area contributed by atoms with Crippen molar-refractivity contribution in [1.82, 2.24) is 5.32 Å². The van der Waals surface area contributed by atoms with Crippen LogP contribution in [0.1, 0.15) is 11.1 Å². The van der Waals surface area contributed by atoms with Crippen molar-refractivity contribution in [3.63, 3.8) is 0 Å². The van der Waals surface area contributed by atoms with Crippen LogP contribution >= 0.6 is 0 Å². The summed E-state index contributed by atoms with van der Waals surface area (Å²) in [4.78, 5) is 11.7. The molecule has 5 heteroatoms. The van der Waals surface area contributed by atoms with E-state index in [1.807, 2.05) is 18.2 Å². The van der Waals surface area contributed by atoms with Gasteiger partial charge in [0.25, 0.3) is 0 Å². The minimum absolute atomic E-state index is 0.120. The molecule has 0 radical (unpaired) electrons. The Balaban J connectivity index is 1.90. The fourth-order valence-corrected chi connectivity index (χ4v) is 1.73. The van der Waals surface area contributed by atoms with E-state index in [-0.39, 0.29) is 18.4 Å². The molecule has 0 aliphatic heterocycles. The van der Waals surface area contributed by atoms with Crippen LogP contribution in [-0.4, -0.2) is 6.03 Å². The van der Waals surface area contributed by atoms with E-state index in [0.29, 0.717) is 17.8 Å². The lowest BCUT2D eigenvalue weighted by Crippen LogP contribution is -2.28. The Bertz CT molecular complexity index is 587. The van der Waals surface area contributed by atoms with Gasteiger partial charge in [-0.3, -0.25) is 0 Å². The number of para-hydroxylation sites is 1. The van der Waals surface area contributed by atoms with E-state index < -0.39 is 0 Å². The van der Waals surface area contributed by atoms with Gasteiger partial charge < -0.3 is 16.4 Å². The topological polar surface area (TPSA) is 67.1 Å². The van der Waals surface area contributed by atoms with Crippen molar-refractivity contribution in [3.05, 3.63) is 65.5 Å². The van der Waals surface area contributed by atoms with Crippen molar-refractivity contribution in [3.8, 4) is 0 Å². The second-order valence-electron chi connectivity index (χ2n) is 4.30. The van der Waals surface area contributed by atoms with Gasteiger partial charge in [0.05, 0.1) is 0 Å². The quantitative estimate of drug-likeness (QED) is 0.801. The van der Waals surface area contributed by atoms with E-state index in [4.69, 9.17) is 5.73 Å². The number of halogens is 1. The van der Waals surface area contributed by atoms with Crippen molar-refractivity contribution in [2.24, 2.45) is 5.73 Å². The minimum atomic E-state index is -0.376. The maximum absolute atomic E-state index is 13.7. The summed E-state index contributed by atoms with van der Waals surface area (Å²) in [6.07, 6.45) is 0. The summed E-state index contributed by atoms with van der Waals surface area (Å²) < 4.78 is 13.7. The van der Waals surface area contributed by atoms with Gasteiger partial charge >= 0.3 is 6.03 Å². The van der Waals surface area contributed by atoms with E-state index in [0.717, 1.165) is 5.56 Å². The highest BCUT2D eigenvalue weighted by molar-refractivity contribution is 5.89. The molecule has 2 aromatic rings. The number of hydrogen-bond acceptors (Lipinski definition) is 2. The molecule has 20 heavy (non-hydrogen) atoms. The lowest BCUT2D eigenvalue weighted by atomic mass is 10.1. The first-order valence-corrected chi connectivity index (χ1v) is 6.26. The molecular formula is C15H16FN3O. The van der Waals surface area contributed by atoms with E-state index in [1.165, 1.54) is 6.07 Å². The zero-order chi connectivity index (χ0) is 14.4. The highest BCUT2D eigenvalue weighted by atomic mass is 19.1. The van der Waals surface area contributed by atoms with Gasteiger partial charge in [-0.15, -0.1) is 0 Å².